The van der Waals surface area contributed by atoms with Gasteiger partial charge in [0.15, 0.2) is 5.96 Å². The number of rotatable bonds is 6. The summed E-state index contributed by atoms with van der Waals surface area (Å²) >= 11 is 0. The molecule has 154 valence electrons. The number of likely N-dealkylation sites (N-methyl/N-ethyl adjacent to an activating group) is 1. The van der Waals surface area contributed by atoms with Crippen LogP contribution in [-0.2, 0) is 11.3 Å². The second-order valence-electron chi connectivity index (χ2n) is 6.65. The average Bonchev–Trinajstić information content (AvgIpc) is 2.47. The summed E-state index contributed by atoms with van der Waals surface area (Å²) in [5.41, 5.74) is -0.426. The van der Waals surface area contributed by atoms with Gasteiger partial charge in [-0.3, -0.25) is 9.79 Å². The third-order valence-corrected chi connectivity index (χ3v) is 3.18. The molecule has 0 heterocycles. The van der Waals surface area contributed by atoms with Crippen LogP contribution in [0.4, 0.5) is 13.2 Å². The number of alkyl halides is 2. The maximum atomic E-state index is 14.0. The van der Waals surface area contributed by atoms with Crippen LogP contribution in [0.3, 0.4) is 0 Å². The van der Waals surface area contributed by atoms with E-state index in [0.29, 0.717) is 5.96 Å². The van der Waals surface area contributed by atoms with Gasteiger partial charge < -0.3 is 20.3 Å². The molecule has 10 heteroatoms. The van der Waals surface area contributed by atoms with Gasteiger partial charge in [0.25, 0.3) is 0 Å². The van der Waals surface area contributed by atoms with Crippen molar-refractivity contribution in [1.29, 1.82) is 0 Å². The summed E-state index contributed by atoms with van der Waals surface area (Å²) in [6.45, 7) is 2.42. The van der Waals surface area contributed by atoms with Gasteiger partial charge in [-0.15, -0.1) is 24.0 Å². The van der Waals surface area contributed by atoms with Crippen molar-refractivity contribution >= 4 is 35.8 Å². The fourth-order valence-corrected chi connectivity index (χ4v) is 2.22. The van der Waals surface area contributed by atoms with E-state index in [1.165, 1.54) is 24.1 Å². The third-order valence-electron chi connectivity index (χ3n) is 3.18. The largest absolute Gasteiger partial charge is 0.434 e. The minimum atomic E-state index is -3.06. The lowest BCUT2D eigenvalue weighted by Crippen LogP contribution is -2.48. The quantitative estimate of drug-likeness (QED) is 0.357. The van der Waals surface area contributed by atoms with Gasteiger partial charge in [0, 0.05) is 31.7 Å². The molecule has 0 aliphatic rings. The number of carbonyl (C=O) groups excluding carboxylic acids is 1. The van der Waals surface area contributed by atoms with Gasteiger partial charge in [0.1, 0.15) is 11.6 Å². The minimum absolute atomic E-state index is 0. The van der Waals surface area contributed by atoms with E-state index in [9.17, 15) is 18.0 Å². The molecule has 1 amide bonds. The number of nitrogens with zero attached hydrogens (tertiary/aromatic N) is 2. The van der Waals surface area contributed by atoms with E-state index in [2.05, 4.69) is 20.4 Å². The molecule has 1 aromatic rings. The molecular formula is C17H26F3IN4O2. The lowest BCUT2D eigenvalue weighted by Gasteiger charge is -2.25. The first-order valence-corrected chi connectivity index (χ1v) is 7.98. The summed E-state index contributed by atoms with van der Waals surface area (Å²) in [7, 11) is 3.13. The molecule has 0 radical (unpaired) electrons. The molecule has 2 N–H and O–H groups in total. The molecule has 0 aliphatic heterocycles. The number of guanidine groups is 1. The first-order chi connectivity index (χ1) is 12.0. The highest BCUT2D eigenvalue weighted by Crippen LogP contribution is 2.23. The van der Waals surface area contributed by atoms with Crippen molar-refractivity contribution < 1.29 is 22.7 Å². The Morgan fingerprint density at radius 1 is 1.33 bits per heavy atom. The normalized spacial score (nSPS) is 11.7. The lowest BCUT2D eigenvalue weighted by atomic mass is 10.1. The predicted molar refractivity (Wildman–Crippen MR) is 109 cm³/mol. The summed E-state index contributed by atoms with van der Waals surface area (Å²) in [4.78, 5) is 17.5. The topological polar surface area (TPSA) is 66.0 Å². The van der Waals surface area contributed by atoms with E-state index in [4.69, 9.17) is 0 Å². The average molecular weight is 502 g/mol. The van der Waals surface area contributed by atoms with Gasteiger partial charge in [-0.05, 0) is 32.9 Å². The Hall–Kier alpha value is -1.72. The van der Waals surface area contributed by atoms with E-state index in [-0.39, 0.29) is 59.8 Å². The van der Waals surface area contributed by atoms with Gasteiger partial charge in [0.05, 0.1) is 6.54 Å². The molecule has 0 saturated heterocycles. The molecule has 0 bridgehead atoms. The van der Waals surface area contributed by atoms with Crippen LogP contribution < -0.4 is 15.4 Å². The number of hydrogen-bond acceptors (Lipinski definition) is 3. The van der Waals surface area contributed by atoms with E-state index < -0.39 is 12.4 Å². The van der Waals surface area contributed by atoms with Gasteiger partial charge in [-0.1, -0.05) is 6.07 Å². The molecule has 1 aromatic carbocycles. The van der Waals surface area contributed by atoms with Gasteiger partial charge in [0.2, 0.25) is 5.91 Å². The summed E-state index contributed by atoms with van der Waals surface area (Å²) in [6.07, 6.45) is 0. The van der Waals surface area contributed by atoms with Crippen LogP contribution in [0.25, 0.3) is 0 Å². The van der Waals surface area contributed by atoms with Crippen LogP contribution in [0.1, 0.15) is 26.3 Å². The molecule has 6 nitrogen and oxygen atoms in total. The van der Waals surface area contributed by atoms with Crippen molar-refractivity contribution in [3.8, 4) is 5.75 Å². The molecule has 0 fully saturated rings. The molecule has 27 heavy (non-hydrogen) atoms. The highest BCUT2D eigenvalue weighted by atomic mass is 127. The van der Waals surface area contributed by atoms with Crippen LogP contribution in [0, 0.1) is 5.82 Å². The third kappa shape index (κ3) is 9.16. The summed E-state index contributed by atoms with van der Waals surface area (Å²) in [5.74, 6) is -0.841. The zero-order valence-electron chi connectivity index (χ0n) is 16.0. The molecule has 0 saturated carbocycles. The maximum absolute atomic E-state index is 14.0. The van der Waals surface area contributed by atoms with E-state index >= 15 is 0 Å². The molecular weight excluding hydrogens is 476 g/mol. The van der Waals surface area contributed by atoms with Gasteiger partial charge in [-0.25, -0.2) is 4.39 Å². The van der Waals surface area contributed by atoms with Crippen molar-refractivity contribution in [2.24, 2.45) is 4.99 Å². The van der Waals surface area contributed by atoms with Crippen molar-refractivity contribution in [3.05, 3.63) is 29.6 Å². The van der Waals surface area contributed by atoms with Crippen LogP contribution in [0.2, 0.25) is 0 Å². The summed E-state index contributed by atoms with van der Waals surface area (Å²) < 4.78 is 43.2. The zero-order chi connectivity index (χ0) is 19.9. The molecule has 0 spiro atoms. The van der Waals surface area contributed by atoms with Crippen molar-refractivity contribution in [2.45, 2.75) is 39.5 Å². The maximum Gasteiger partial charge on any atom is 0.387 e. The zero-order valence-corrected chi connectivity index (χ0v) is 18.3. The van der Waals surface area contributed by atoms with Crippen LogP contribution in [0.15, 0.2) is 23.2 Å². The van der Waals surface area contributed by atoms with E-state index in [1.54, 1.807) is 7.05 Å². The van der Waals surface area contributed by atoms with Gasteiger partial charge in [-0.2, -0.15) is 8.78 Å². The Labute approximate surface area is 174 Å². The standard InChI is InChI=1S/C17H25F3N4O2.HI/c1-17(2,3)23-14(25)10-24(5)16(21-4)22-9-11-12(18)7-6-8-13(11)26-15(19)20;/h6-8,15H,9-10H2,1-5H3,(H,21,22)(H,23,25);1H. The Balaban J connectivity index is 0.00000676. The second-order valence-corrected chi connectivity index (χ2v) is 6.65. The number of carbonyl (C=O) groups is 1. The number of ether oxygens (including phenoxy) is 1. The number of amides is 1. The van der Waals surface area contributed by atoms with Crippen molar-refractivity contribution in [2.75, 3.05) is 20.6 Å². The fraction of sp³-hybridized carbons (Fsp3) is 0.529. The Kier molecular flexibility index (Phi) is 10.5. The Bertz CT molecular complexity index is 652. The number of hydrogen-bond donors (Lipinski definition) is 2. The molecule has 1 rings (SSSR count). The number of nitrogens with one attached hydrogen (secondary N) is 2. The SMILES string of the molecule is CN=C(NCc1c(F)cccc1OC(F)F)N(C)CC(=O)NC(C)(C)C.I. The fourth-order valence-electron chi connectivity index (χ4n) is 2.22. The van der Waals surface area contributed by atoms with Crippen LogP contribution in [-0.4, -0.2) is 49.6 Å². The Morgan fingerprint density at radius 2 is 1.96 bits per heavy atom. The first-order valence-electron chi connectivity index (χ1n) is 7.98. The first kappa shape index (κ1) is 25.3. The number of halogens is 4. The summed E-state index contributed by atoms with van der Waals surface area (Å²) in [5, 5.41) is 5.66. The van der Waals surface area contributed by atoms with Crippen LogP contribution in [0.5, 0.6) is 5.75 Å². The van der Waals surface area contributed by atoms with E-state index in [1.807, 2.05) is 20.8 Å². The minimum Gasteiger partial charge on any atom is -0.434 e. The van der Waals surface area contributed by atoms with Crippen molar-refractivity contribution in [1.82, 2.24) is 15.5 Å². The second kappa shape index (κ2) is 11.2. The summed E-state index contributed by atoms with van der Waals surface area (Å²) in [6, 6.07) is 3.70. The number of aliphatic imine (C=N–C) groups is 1. The van der Waals surface area contributed by atoms with Crippen LogP contribution >= 0.6 is 24.0 Å². The molecule has 0 unspecified atom stereocenters. The Morgan fingerprint density at radius 3 is 2.48 bits per heavy atom. The highest BCUT2D eigenvalue weighted by molar-refractivity contribution is 14.0. The molecule has 0 aromatic heterocycles. The monoisotopic (exact) mass is 502 g/mol. The van der Waals surface area contributed by atoms with Gasteiger partial charge >= 0.3 is 6.61 Å². The molecule has 0 atom stereocenters. The van der Waals surface area contributed by atoms with E-state index in [0.717, 1.165) is 6.07 Å². The van der Waals surface area contributed by atoms with Crippen molar-refractivity contribution in [3.63, 3.8) is 0 Å². The number of benzene rings is 1. The smallest absolute Gasteiger partial charge is 0.387 e. The lowest BCUT2D eigenvalue weighted by molar-refractivity contribution is -0.122. The predicted octanol–water partition coefficient (Wildman–Crippen LogP) is 2.97. The highest BCUT2D eigenvalue weighted by Gasteiger charge is 2.18. The molecule has 0 aliphatic carbocycles.